The van der Waals surface area contributed by atoms with E-state index < -0.39 is 5.41 Å². The Bertz CT molecular complexity index is 2880. The zero-order valence-corrected chi connectivity index (χ0v) is 32.7. The van der Waals surface area contributed by atoms with Crippen molar-refractivity contribution in [2.45, 2.75) is 24.7 Å². The van der Waals surface area contributed by atoms with E-state index in [1.807, 2.05) is 6.07 Å². The van der Waals surface area contributed by atoms with Crippen molar-refractivity contribution in [3.05, 3.63) is 246 Å². The number of hydrogen-bond acceptors (Lipinski definition) is 1. The van der Waals surface area contributed by atoms with Gasteiger partial charge in [0.15, 0.2) is 0 Å². The summed E-state index contributed by atoms with van der Waals surface area (Å²) in [7, 11) is 0. The first kappa shape index (κ1) is 34.2. The lowest BCUT2D eigenvalue weighted by Gasteiger charge is -2.46. The first-order valence-electron chi connectivity index (χ1n) is 20.3. The Kier molecular flexibility index (Phi) is 7.81. The van der Waals surface area contributed by atoms with E-state index in [1.165, 1.54) is 72.3 Å². The molecule has 274 valence electrons. The summed E-state index contributed by atoms with van der Waals surface area (Å²) in [6.07, 6.45) is 0. The first-order valence-corrected chi connectivity index (χ1v) is 20.3. The summed E-state index contributed by atoms with van der Waals surface area (Å²) in [5.74, 6) is 0. The summed E-state index contributed by atoms with van der Waals surface area (Å²) < 4.78 is 0. The lowest BCUT2D eigenvalue weighted by Crippen LogP contribution is -2.40. The van der Waals surface area contributed by atoms with E-state index in [0.717, 1.165) is 28.1 Å². The van der Waals surface area contributed by atoms with Crippen LogP contribution in [0.4, 0.5) is 0 Å². The summed E-state index contributed by atoms with van der Waals surface area (Å²) >= 11 is 0. The zero-order chi connectivity index (χ0) is 38.8. The van der Waals surface area contributed by atoms with E-state index in [2.05, 4.69) is 220 Å². The topological polar surface area (TPSA) is 12.9 Å². The molecule has 0 saturated heterocycles. The Balaban J connectivity index is 0.964. The summed E-state index contributed by atoms with van der Waals surface area (Å²) in [4.78, 5) is 5.15. The van der Waals surface area contributed by atoms with Gasteiger partial charge < -0.3 is 0 Å². The van der Waals surface area contributed by atoms with Gasteiger partial charge in [0.1, 0.15) is 0 Å². The van der Waals surface area contributed by atoms with Gasteiger partial charge in [-0.15, -0.1) is 0 Å². The Morgan fingerprint density at radius 3 is 1.22 bits per heavy atom. The van der Waals surface area contributed by atoms with Crippen molar-refractivity contribution in [1.82, 2.24) is 4.98 Å². The fraction of sp³-hybridized carbons (Fsp3) is 0.0702. The molecule has 8 aromatic carbocycles. The Hall–Kier alpha value is -7.09. The maximum atomic E-state index is 5.15. The number of rotatable bonds is 5. The molecule has 0 fully saturated rings. The molecule has 0 unspecified atom stereocenters. The zero-order valence-electron chi connectivity index (χ0n) is 32.7. The molecule has 0 amide bonds. The summed E-state index contributed by atoms with van der Waals surface area (Å²) in [5.41, 5.74) is 21.7. The van der Waals surface area contributed by atoms with Crippen molar-refractivity contribution in [3.63, 3.8) is 0 Å². The molecule has 1 spiro atoms. The quantitative estimate of drug-likeness (QED) is 0.171. The number of pyridine rings is 1. The van der Waals surface area contributed by atoms with Gasteiger partial charge in [-0.1, -0.05) is 208 Å². The second-order valence-electron chi connectivity index (χ2n) is 16.3. The molecule has 0 N–H and O–H groups in total. The molecular weight excluding hydrogens is 699 g/mol. The fourth-order valence-electron chi connectivity index (χ4n) is 9.96. The molecule has 1 heteroatoms. The van der Waals surface area contributed by atoms with E-state index in [4.69, 9.17) is 4.98 Å². The average Bonchev–Trinajstić information content (AvgIpc) is 3.59. The van der Waals surface area contributed by atoms with Crippen molar-refractivity contribution in [3.8, 4) is 67.0 Å². The molecule has 2 aliphatic rings. The van der Waals surface area contributed by atoms with Gasteiger partial charge in [0.25, 0.3) is 0 Å². The highest BCUT2D eigenvalue weighted by molar-refractivity contribution is 5.90. The second kappa shape index (κ2) is 13.3. The van der Waals surface area contributed by atoms with Gasteiger partial charge in [-0.2, -0.15) is 0 Å². The monoisotopic (exact) mass is 739 g/mol. The van der Waals surface area contributed by atoms with Crippen molar-refractivity contribution in [2.75, 3.05) is 0 Å². The number of benzene rings is 8. The van der Waals surface area contributed by atoms with Crippen molar-refractivity contribution >= 4 is 0 Å². The predicted octanol–water partition coefficient (Wildman–Crippen LogP) is 14.4. The molecule has 9 aromatic rings. The lowest BCUT2D eigenvalue weighted by molar-refractivity contribution is 0.563. The first-order chi connectivity index (χ1) is 28.5. The van der Waals surface area contributed by atoms with Crippen LogP contribution in [0.1, 0.15) is 47.2 Å². The molecule has 1 heterocycles. The van der Waals surface area contributed by atoms with Crippen molar-refractivity contribution in [1.29, 1.82) is 0 Å². The molecule has 0 atom stereocenters. The molecule has 2 aliphatic carbocycles. The van der Waals surface area contributed by atoms with E-state index in [1.54, 1.807) is 0 Å². The van der Waals surface area contributed by atoms with E-state index >= 15 is 0 Å². The largest absolute Gasteiger partial charge is 0.248 e. The van der Waals surface area contributed by atoms with Gasteiger partial charge in [0.2, 0.25) is 0 Å². The van der Waals surface area contributed by atoms with Gasteiger partial charge in [-0.05, 0) is 96.1 Å². The average molecular weight is 740 g/mol. The van der Waals surface area contributed by atoms with Crippen LogP contribution in [-0.4, -0.2) is 4.98 Å². The molecule has 1 aromatic heterocycles. The number of fused-ring (bicyclic) bond motifs is 9. The van der Waals surface area contributed by atoms with Crippen LogP contribution in [0.3, 0.4) is 0 Å². The standard InChI is InChI=1S/C57H41N/c1-56(2)49-21-11-13-23-51(49)57(52-24-14-12-22-50(52)56)48-20-10-9-19-46(48)47-34-33-44(35-53(47)57)41-27-25-39(26-28-41)40-29-31-43(32-30-40)55-37-45(38-15-5-3-6-16-38)36-54(58-55)42-17-7-4-8-18-42/h3-37H,1-2H3. The van der Waals surface area contributed by atoms with Gasteiger partial charge in [0, 0.05) is 16.5 Å². The van der Waals surface area contributed by atoms with E-state index in [9.17, 15) is 0 Å². The molecule has 1 nitrogen and oxygen atoms in total. The van der Waals surface area contributed by atoms with Crippen LogP contribution >= 0.6 is 0 Å². The van der Waals surface area contributed by atoms with E-state index in [-0.39, 0.29) is 5.41 Å². The highest BCUT2D eigenvalue weighted by atomic mass is 14.7. The summed E-state index contributed by atoms with van der Waals surface area (Å²) in [5, 5.41) is 0. The highest BCUT2D eigenvalue weighted by Gasteiger charge is 2.53. The van der Waals surface area contributed by atoms with Crippen LogP contribution in [0.2, 0.25) is 0 Å². The SMILES string of the molecule is CC1(C)c2ccccc2C2(c3ccccc3-c3ccc(-c4ccc(-c5ccc(-c6cc(-c7ccccc7)cc(-c7ccccc7)n6)cc5)cc4)cc32)c2ccccc21. The van der Waals surface area contributed by atoms with Crippen LogP contribution in [0.5, 0.6) is 0 Å². The fourth-order valence-corrected chi connectivity index (χ4v) is 9.96. The highest BCUT2D eigenvalue weighted by Crippen LogP contribution is 2.62. The Morgan fingerprint density at radius 1 is 0.276 bits per heavy atom. The van der Waals surface area contributed by atoms with Crippen LogP contribution in [-0.2, 0) is 10.8 Å². The molecule has 0 saturated carbocycles. The predicted molar refractivity (Wildman–Crippen MR) is 241 cm³/mol. The third kappa shape index (κ3) is 5.20. The van der Waals surface area contributed by atoms with Crippen LogP contribution in [0.25, 0.3) is 67.0 Å². The van der Waals surface area contributed by atoms with Gasteiger partial charge >= 0.3 is 0 Å². The maximum Gasteiger partial charge on any atom is 0.0719 e. The van der Waals surface area contributed by atoms with E-state index in [0.29, 0.717) is 0 Å². The normalized spacial score (nSPS) is 14.0. The Labute approximate surface area is 341 Å². The summed E-state index contributed by atoms with van der Waals surface area (Å²) in [6.45, 7) is 4.76. The van der Waals surface area contributed by atoms with Crippen molar-refractivity contribution < 1.29 is 0 Å². The minimum absolute atomic E-state index is 0.115. The lowest BCUT2D eigenvalue weighted by atomic mass is 9.55. The molecule has 58 heavy (non-hydrogen) atoms. The molecular formula is C57H41N. The van der Waals surface area contributed by atoms with Crippen molar-refractivity contribution in [2.24, 2.45) is 0 Å². The smallest absolute Gasteiger partial charge is 0.0719 e. The maximum absolute atomic E-state index is 5.15. The van der Waals surface area contributed by atoms with Gasteiger partial charge in [0.05, 0.1) is 16.8 Å². The van der Waals surface area contributed by atoms with Gasteiger partial charge in [-0.25, -0.2) is 4.98 Å². The number of aromatic nitrogens is 1. The minimum atomic E-state index is -0.399. The Morgan fingerprint density at radius 2 is 0.655 bits per heavy atom. The molecule has 0 radical (unpaired) electrons. The molecule has 0 aliphatic heterocycles. The second-order valence-corrected chi connectivity index (χ2v) is 16.3. The van der Waals surface area contributed by atoms with Crippen LogP contribution in [0, 0.1) is 0 Å². The third-order valence-electron chi connectivity index (χ3n) is 12.8. The van der Waals surface area contributed by atoms with Crippen LogP contribution in [0.15, 0.2) is 212 Å². The number of hydrogen-bond donors (Lipinski definition) is 0. The van der Waals surface area contributed by atoms with Crippen LogP contribution < -0.4 is 0 Å². The minimum Gasteiger partial charge on any atom is -0.248 e. The molecule has 0 bridgehead atoms. The third-order valence-corrected chi connectivity index (χ3v) is 12.8. The number of nitrogens with zero attached hydrogens (tertiary/aromatic N) is 1. The summed E-state index contributed by atoms with van der Waals surface area (Å²) in [6, 6.07) is 77.9. The molecule has 11 rings (SSSR count). The van der Waals surface area contributed by atoms with Gasteiger partial charge in [-0.3, -0.25) is 0 Å².